The van der Waals surface area contributed by atoms with Gasteiger partial charge in [0, 0.05) is 43.4 Å². The molecule has 0 aliphatic carbocycles. The Morgan fingerprint density at radius 1 is 1.18 bits per heavy atom. The number of nitrogens with one attached hydrogen (secondary N) is 1. The molecule has 1 aliphatic rings. The van der Waals surface area contributed by atoms with Crippen molar-refractivity contribution in [3.05, 3.63) is 59.5 Å². The van der Waals surface area contributed by atoms with Gasteiger partial charge in [0.2, 0.25) is 11.8 Å². The van der Waals surface area contributed by atoms with Crippen molar-refractivity contribution in [1.82, 2.24) is 9.88 Å². The number of aromatic nitrogens is 1. The number of rotatable bonds is 4. The first-order valence-corrected chi connectivity index (χ1v) is 9.54. The predicted octanol–water partition coefficient (Wildman–Crippen LogP) is 3.88. The summed E-state index contributed by atoms with van der Waals surface area (Å²) in [5, 5.41) is 3.51. The number of carbonyl (C=O) groups is 1. The minimum absolute atomic E-state index is 0.264. The number of anilines is 2. The third-order valence-corrected chi connectivity index (χ3v) is 4.98. The third-order valence-electron chi connectivity index (χ3n) is 4.75. The van der Waals surface area contributed by atoms with Gasteiger partial charge >= 0.3 is 0 Å². The Hall–Kier alpha value is -2.83. The molecule has 2 heterocycles. The fourth-order valence-corrected chi connectivity index (χ4v) is 3.39. The summed E-state index contributed by atoms with van der Waals surface area (Å²) in [6.07, 6.45) is 2.98. The molecule has 28 heavy (non-hydrogen) atoms. The van der Waals surface area contributed by atoms with Gasteiger partial charge in [-0.05, 0) is 37.4 Å². The number of nitrogens with zero attached hydrogens (tertiary/aromatic N) is 3. The Morgan fingerprint density at radius 2 is 1.96 bits per heavy atom. The van der Waals surface area contributed by atoms with Crippen molar-refractivity contribution in [3.8, 4) is 0 Å². The summed E-state index contributed by atoms with van der Waals surface area (Å²) in [5.74, 6) is 0.127. The minimum Gasteiger partial charge on any atom is -0.437 e. The summed E-state index contributed by atoms with van der Waals surface area (Å²) in [6.45, 7) is 3.76. The molecule has 7 heteroatoms. The van der Waals surface area contributed by atoms with Gasteiger partial charge in [-0.1, -0.05) is 23.7 Å². The first kappa shape index (κ1) is 18.5. The lowest BCUT2D eigenvalue weighted by molar-refractivity contribution is -0.111. The number of benzene rings is 2. The third kappa shape index (κ3) is 4.18. The molecule has 0 saturated carbocycles. The van der Waals surface area contributed by atoms with Crippen LogP contribution in [-0.4, -0.2) is 49.0 Å². The lowest BCUT2D eigenvalue weighted by atomic mass is 10.2. The Labute approximate surface area is 168 Å². The van der Waals surface area contributed by atoms with Crippen molar-refractivity contribution in [3.63, 3.8) is 0 Å². The van der Waals surface area contributed by atoms with Crippen LogP contribution in [0.5, 0.6) is 0 Å². The van der Waals surface area contributed by atoms with E-state index in [-0.39, 0.29) is 5.91 Å². The second kappa shape index (κ2) is 8.04. The zero-order chi connectivity index (χ0) is 19.5. The van der Waals surface area contributed by atoms with Crippen molar-refractivity contribution in [2.45, 2.75) is 0 Å². The molecule has 1 N–H and O–H groups in total. The topological polar surface area (TPSA) is 61.6 Å². The highest BCUT2D eigenvalue weighted by molar-refractivity contribution is 6.31. The number of halogens is 1. The second-order valence-corrected chi connectivity index (χ2v) is 7.23. The molecular formula is C21H21ClN4O2. The van der Waals surface area contributed by atoms with Gasteiger partial charge < -0.3 is 19.5 Å². The van der Waals surface area contributed by atoms with Crippen molar-refractivity contribution in [2.75, 3.05) is 43.4 Å². The molecule has 1 amide bonds. The van der Waals surface area contributed by atoms with E-state index in [1.807, 2.05) is 36.4 Å². The van der Waals surface area contributed by atoms with Crippen LogP contribution in [0.15, 0.2) is 53.0 Å². The van der Waals surface area contributed by atoms with Gasteiger partial charge in [-0.15, -0.1) is 0 Å². The molecule has 3 aromatic rings. The van der Waals surface area contributed by atoms with Gasteiger partial charge in [0.25, 0.3) is 0 Å². The van der Waals surface area contributed by atoms with E-state index < -0.39 is 0 Å². The zero-order valence-corrected chi connectivity index (χ0v) is 16.3. The number of para-hydroxylation sites is 2. The van der Waals surface area contributed by atoms with Crippen LogP contribution in [0.4, 0.5) is 11.4 Å². The van der Waals surface area contributed by atoms with Gasteiger partial charge in [0.05, 0.1) is 11.4 Å². The van der Waals surface area contributed by atoms with E-state index in [4.69, 9.17) is 16.0 Å². The molecule has 6 nitrogen and oxygen atoms in total. The Kier molecular flexibility index (Phi) is 5.32. The van der Waals surface area contributed by atoms with Crippen LogP contribution in [0.1, 0.15) is 5.89 Å². The largest absolute Gasteiger partial charge is 0.437 e. The molecular weight excluding hydrogens is 376 g/mol. The molecule has 0 unspecified atom stereocenters. The maximum Gasteiger partial charge on any atom is 0.248 e. The van der Waals surface area contributed by atoms with Gasteiger partial charge in [-0.3, -0.25) is 4.79 Å². The van der Waals surface area contributed by atoms with E-state index >= 15 is 0 Å². The van der Waals surface area contributed by atoms with Crippen LogP contribution < -0.4 is 10.2 Å². The number of likely N-dealkylation sites (N-methyl/N-ethyl adjacent to an activating group) is 1. The summed E-state index contributed by atoms with van der Waals surface area (Å²) in [4.78, 5) is 21.3. The van der Waals surface area contributed by atoms with Gasteiger partial charge in [0.1, 0.15) is 5.52 Å². The molecule has 1 aromatic heterocycles. The van der Waals surface area contributed by atoms with E-state index in [1.165, 1.54) is 6.08 Å². The number of oxazole rings is 1. The average molecular weight is 397 g/mol. The van der Waals surface area contributed by atoms with E-state index in [9.17, 15) is 4.79 Å². The number of hydrogen-bond acceptors (Lipinski definition) is 5. The SMILES string of the molecule is CN1CCN(c2ccc(Cl)cc2NC(=O)C=Cc2nc3ccccc3o2)CC1. The molecule has 0 atom stereocenters. The van der Waals surface area contributed by atoms with Gasteiger partial charge in [-0.25, -0.2) is 4.98 Å². The van der Waals surface area contributed by atoms with Crippen LogP contribution in [0, 0.1) is 0 Å². The summed E-state index contributed by atoms with van der Waals surface area (Å²) in [5.41, 5.74) is 3.12. The lowest BCUT2D eigenvalue weighted by Gasteiger charge is -2.35. The van der Waals surface area contributed by atoms with Crippen molar-refractivity contribution in [2.24, 2.45) is 0 Å². The van der Waals surface area contributed by atoms with Gasteiger partial charge in [-0.2, -0.15) is 0 Å². The molecule has 0 spiro atoms. The Balaban J connectivity index is 1.49. The maximum absolute atomic E-state index is 12.5. The molecule has 144 valence electrons. The van der Waals surface area contributed by atoms with Crippen molar-refractivity contribution in [1.29, 1.82) is 0 Å². The Morgan fingerprint density at radius 3 is 2.75 bits per heavy atom. The number of carbonyl (C=O) groups excluding carboxylic acids is 1. The molecule has 0 radical (unpaired) electrons. The quantitative estimate of drug-likeness (QED) is 0.678. The van der Waals surface area contributed by atoms with Crippen molar-refractivity contribution < 1.29 is 9.21 Å². The number of hydrogen-bond donors (Lipinski definition) is 1. The Bertz CT molecular complexity index is 989. The van der Waals surface area contributed by atoms with E-state index in [1.54, 1.807) is 12.1 Å². The van der Waals surface area contributed by atoms with Crippen LogP contribution in [0.3, 0.4) is 0 Å². The fraction of sp³-hybridized carbons (Fsp3) is 0.238. The molecule has 0 bridgehead atoms. The van der Waals surface area contributed by atoms with Crippen LogP contribution >= 0.6 is 11.6 Å². The number of piperazine rings is 1. The number of amides is 1. The van der Waals surface area contributed by atoms with E-state index in [2.05, 4.69) is 27.1 Å². The molecule has 4 rings (SSSR count). The zero-order valence-electron chi connectivity index (χ0n) is 15.6. The molecule has 2 aromatic carbocycles. The standard InChI is InChI=1S/C21H21ClN4O2/c1-25-10-12-26(13-11-25)18-7-6-15(22)14-17(18)23-20(27)8-9-21-24-16-4-2-3-5-19(16)28-21/h2-9,14H,10-13H2,1H3,(H,23,27). The predicted molar refractivity (Wildman–Crippen MR) is 113 cm³/mol. The maximum atomic E-state index is 12.5. The summed E-state index contributed by atoms with van der Waals surface area (Å²) in [6, 6.07) is 13.1. The molecule has 1 aliphatic heterocycles. The summed E-state index contributed by atoms with van der Waals surface area (Å²) in [7, 11) is 2.11. The highest BCUT2D eigenvalue weighted by atomic mass is 35.5. The minimum atomic E-state index is -0.264. The highest BCUT2D eigenvalue weighted by Gasteiger charge is 2.18. The molecule has 1 fully saturated rings. The second-order valence-electron chi connectivity index (χ2n) is 6.79. The van der Waals surface area contributed by atoms with E-state index in [0.717, 1.165) is 37.4 Å². The monoisotopic (exact) mass is 396 g/mol. The summed E-state index contributed by atoms with van der Waals surface area (Å²) >= 11 is 6.16. The smallest absolute Gasteiger partial charge is 0.248 e. The highest BCUT2D eigenvalue weighted by Crippen LogP contribution is 2.30. The number of fused-ring (bicyclic) bond motifs is 1. The fourth-order valence-electron chi connectivity index (χ4n) is 3.21. The van der Waals surface area contributed by atoms with Crippen LogP contribution in [0.25, 0.3) is 17.2 Å². The first-order chi connectivity index (χ1) is 13.6. The van der Waals surface area contributed by atoms with Crippen LogP contribution in [0.2, 0.25) is 5.02 Å². The average Bonchev–Trinajstić information content (AvgIpc) is 3.11. The van der Waals surface area contributed by atoms with Gasteiger partial charge in [0.15, 0.2) is 5.58 Å². The molecule has 1 saturated heterocycles. The summed E-state index contributed by atoms with van der Waals surface area (Å²) < 4.78 is 5.60. The van der Waals surface area contributed by atoms with Crippen LogP contribution in [-0.2, 0) is 4.79 Å². The van der Waals surface area contributed by atoms with E-state index in [0.29, 0.717) is 22.2 Å². The van der Waals surface area contributed by atoms with Crippen molar-refractivity contribution >= 4 is 46.1 Å². The first-order valence-electron chi connectivity index (χ1n) is 9.16. The normalized spacial score (nSPS) is 15.4. The lowest BCUT2D eigenvalue weighted by Crippen LogP contribution is -2.44.